The fourth-order valence-electron chi connectivity index (χ4n) is 2.57. The number of hydrogen-bond donors (Lipinski definition) is 2. The summed E-state index contributed by atoms with van der Waals surface area (Å²) in [5.41, 5.74) is 0.777. The smallest absolute Gasteiger partial charge is 0.342 e. The molecule has 0 aliphatic carbocycles. The number of nitrogens with one attached hydrogen (secondary N) is 1. The van der Waals surface area contributed by atoms with Gasteiger partial charge in [0.25, 0.3) is 5.91 Å². The number of benzene rings is 2. The first kappa shape index (κ1) is 18.4. The van der Waals surface area contributed by atoms with Crippen molar-refractivity contribution in [2.24, 2.45) is 0 Å². The van der Waals surface area contributed by atoms with Crippen LogP contribution in [0.4, 0.5) is 0 Å². The number of phenols is 1. The van der Waals surface area contributed by atoms with Gasteiger partial charge < -0.3 is 29.4 Å². The highest BCUT2D eigenvalue weighted by Crippen LogP contribution is 2.34. The van der Waals surface area contributed by atoms with E-state index in [1.165, 1.54) is 25.3 Å². The molecule has 3 rings (SSSR count). The molecule has 8 nitrogen and oxygen atoms in total. The molecule has 2 aromatic rings. The molecule has 0 aromatic heterocycles. The molecule has 0 fully saturated rings. The highest BCUT2D eigenvalue weighted by atomic mass is 16.7. The van der Waals surface area contributed by atoms with Crippen LogP contribution in [0, 0.1) is 0 Å². The number of aromatic hydroxyl groups is 1. The van der Waals surface area contributed by atoms with Crippen molar-refractivity contribution in [2.75, 3.05) is 20.5 Å². The van der Waals surface area contributed by atoms with Crippen molar-refractivity contribution in [3.8, 4) is 23.0 Å². The third-order valence-electron chi connectivity index (χ3n) is 4.03. The van der Waals surface area contributed by atoms with E-state index in [1.54, 1.807) is 19.1 Å². The van der Waals surface area contributed by atoms with Crippen LogP contribution in [0.5, 0.6) is 23.0 Å². The third kappa shape index (κ3) is 4.22. The SMILES string of the molecule is COc1ccc(C(=O)OCC(=O)N[C@@H](C)c2ccc3c(c2)OCO3)c(O)c1. The first-order valence-electron chi connectivity index (χ1n) is 8.21. The van der Waals surface area contributed by atoms with E-state index in [0.29, 0.717) is 17.2 Å². The number of esters is 1. The summed E-state index contributed by atoms with van der Waals surface area (Å²) >= 11 is 0. The van der Waals surface area contributed by atoms with Crippen molar-refractivity contribution in [3.63, 3.8) is 0 Å². The Labute approximate surface area is 155 Å². The third-order valence-corrected chi connectivity index (χ3v) is 4.03. The molecule has 1 aliphatic heterocycles. The first-order chi connectivity index (χ1) is 13.0. The number of phenolic OH excluding ortho intramolecular Hbond substituents is 1. The average Bonchev–Trinajstić information content (AvgIpc) is 3.13. The Morgan fingerprint density at radius 2 is 1.96 bits per heavy atom. The maximum atomic E-state index is 12.1. The van der Waals surface area contributed by atoms with Gasteiger partial charge in [-0.3, -0.25) is 4.79 Å². The zero-order valence-corrected chi connectivity index (χ0v) is 14.9. The fraction of sp³-hybridized carbons (Fsp3) is 0.263. The summed E-state index contributed by atoms with van der Waals surface area (Å²) in [6.07, 6.45) is 0. The molecule has 1 heterocycles. The van der Waals surface area contributed by atoms with Crippen LogP contribution in [0.15, 0.2) is 36.4 Å². The van der Waals surface area contributed by atoms with Crippen LogP contribution >= 0.6 is 0 Å². The average molecular weight is 373 g/mol. The molecule has 1 amide bonds. The molecule has 1 atom stereocenters. The number of fused-ring (bicyclic) bond motifs is 1. The summed E-state index contributed by atoms with van der Waals surface area (Å²) in [5, 5.41) is 12.6. The standard InChI is InChI=1S/C19H19NO7/c1-11(12-3-6-16-17(7-12)27-10-26-16)20-18(22)9-25-19(23)14-5-4-13(24-2)8-15(14)21/h3-8,11,21H,9-10H2,1-2H3,(H,20,22)/t11-/m0/s1. The molecule has 0 saturated heterocycles. The summed E-state index contributed by atoms with van der Waals surface area (Å²) in [6, 6.07) is 9.22. The Morgan fingerprint density at radius 3 is 2.70 bits per heavy atom. The lowest BCUT2D eigenvalue weighted by Crippen LogP contribution is -2.31. The first-order valence-corrected chi connectivity index (χ1v) is 8.21. The topological polar surface area (TPSA) is 103 Å². The normalized spacial score (nSPS) is 13.0. The number of carbonyl (C=O) groups excluding carboxylic acids is 2. The monoisotopic (exact) mass is 373 g/mol. The highest BCUT2D eigenvalue weighted by molar-refractivity contribution is 5.94. The molecular weight excluding hydrogens is 354 g/mol. The lowest BCUT2D eigenvalue weighted by Gasteiger charge is -2.15. The Balaban J connectivity index is 1.54. The molecule has 2 aromatic carbocycles. The zero-order valence-electron chi connectivity index (χ0n) is 14.9. The molecule has 142 valence electrons. The molecule has 0 radical (unpaired) electrons. The summed E-state index contributed by atoms with van der Waals surface area (Å²) in [4.78, 5) is 24.1. The largest absolute Gasteiger partial charge is 0.507 e. The van der Waals surface area contributed by atoms with Crippen molar-refractivity contribution < 1.29 is 33.6 Å². The summed E-state index contributed by atoms with van der Waals surface area (Å²) in [7, 11) is 1.44. The van der Waals surface area contributed by atoms with Gasteiger partial charge in [0.05, 0.1) is 13.2 Å². The predicted molar refractivity (Wildman–Crippen MR) is 94.1 cm³/mol. The number of amides is 1. The van der Waals surface area contributed by atoms with Crippen LogP contribution < -0.4 is 19.5 Å². The molecule has 1 aliphatic rings. The van der Waals surface area contributed by atoms with Crippen molar-refractivity contribution in [1.29, 1.82) is 0 Å². The van der Waals surface area contributed by atoms with Gasteiger partial charge in [-0.1, -0.05) is 6.07 Å². The minimum atomic E-state index is -0.805. The number of hydrogen-bond acceptors (Lipinski definition) is 7. The Bertz CT molecular complexity index is 865. The van der Waals surface area contributed by atoms with Gasteiger partial charge in [0.1, 0.15) is 17.1 Å². The lowest BCUT2D eigenvalue weighted by atomic mass is 10.1. The number of carbonyl (C=O) groups is 2. The Morgan fingerprint density at radius 1 is 1.19 bits per heavy atom. The van der Waals surface area contributed by atoms with E-state index in [2.05, 4.69) is 5.32 Å². The quantitative estimate of drug-likeness (QED) is 0.748. The number of rotatable bonds is 6. The van der Waals surface area contributed by atoms with Crippen molar-refractivity contribution in [3.05, 3.63) is 47.5 Å². The molecule has 0 bridgehead atoms. The van der Waals surface area contributed by atoms with Gasteiger partial charge in [0.15, 0.2) is 18.1 Å². The van der Waals surface area contributed by atoms with E-state index >= 15 is 0 Å². The van der Waals surface area contributed by atoms with Gasteiger partial charge in [-0.2, -0.15) is 0 Å². The maximum Gasteiger partial charge on any atom is 0.342 e. The summed E-state index contributed by atoms with van der Waals surface area (Å²) < 4.78 is 20.5. The number of methoxy groups -OCH3 is 1. The minimum Gasteiger partial charge on any atom is -0.507 e. The maximum absolute atomic E-state index is 12.1. The Kier molecular flexibility index (Phi) is 5.35. The van der Waals surface area contributed by atoms with Crippen LogP contribution in [-0.4, -0.2) is 37.5 Å². The van der Waals surface area contributed by atoms with Gasteiger partial charge in [-0.15, -0.1) is 0 Å². The van der Waals surface area contributed by atoms with E-state index in [0.717, 1.165) is 5.56 Å². The van der Waals surface area contributed by atoms with E-state index in [4.69, 9.17) is 18.9 Å². The van der Waals surface area contributed by atoms with Crippen LogP contribution in [0.1, 0.15) is 28.9 Å². The van der Waals surface area contributed by atoms with Crippen molar-refractivity contribution in [2.45, 2.75) is 13.0 Å². The van der Waals surface area contributed by atoms with Crippen molar-refractivity contribution >= 4 is 11.9 Å². The van der Waals surface area contributed by atoms with Gasteiger partial charge >= 0.3 is 5.97 Å². The molecule has 2 N–H and O–H groups in total. The van der Waals surface area contributed by atoms with Crippen LogP contribution in [0.3, 0.4) is 0 Å². The highest BCUT2D eigenvalue weighted by Gasteiger charge is 2.18. The van der Waals surface area contributed by atoms with Crippen LogP contribution in [0.2, 0.25) is 0 Å². The number of ether oxygens (including phenoxy) is 4. The molecule has 0 unspecified atom stereocenters. The predicted octanol–water partition coefficient (Wildman–Crippen LogP) is 2.16. The molecular formula is C19H19NO7. The molecule has 8 heteroatoms. The van der Waals surface area contributed by atoms with Crippen LogP contribution in [-0.2, 0) is 9.53 Å². The Hall–Kier alpha value is -3.42. The minimum absolute atomic E-state index is 0.0487. The van der Waals surface area contributed by atoms with Gasteiger partial charge in [0.2, 0.25) is 6.79 Å². The molecule has 27 heavy (non-hydrogen) atoms. The summed E-state index contributed by atoms with van der Waals surface area (Å²) in [6.45, 7) is 1.50. The second kappa shape index (κ2) is 7.86. The second-order valence-corrected chi connectivity index (χ2v) is 5.86. The molecule has 0 spiro atoms. The second-order valence-electron chi connectivity index (χ2n) is 5.86. The van der Waals surface area contributed by atoms with E-state index in [9.17, 15) is 14.7 Å². The van der Waals surface area contributed by atoms with Gasteiger partial charge in [-0.05, 0) is 36.8 Å². The zero-order chi connectivity index (χ0) is 19.4. The van der Waals surface area contributed by atoms with Crippen molar-refractivity contribution in [1.82, 2.24) is 5.32 Å². The summed E-state index contributed by atoms with van der Waals surface area (Å²) in [5.74, 6) is 0.121. The fourth-order valence-corrected chi connectivity index (χ4v) is 2.57. The van der Waals surface area contributed by atoms with Gasteiger partial charge in [-0.25, -0.2) is 4.79 Å². The lowest BCUT2D eigenvalue weighted by molar-refractivity contribution is -0.124. The van der Waals surface area contributed by atoms with Crippen LogP contribution in [0.25, 0.3) is 0 Å². The van der Waals surface area contributed by atoms with E-state index < -0.39 is 18.5 Å². The van der Waals surface area contributed by atoms with E-state index in [-0.39, 0.29) is 24.1 Å². The van der Waals surface area contributed by atoms with E-state index in [1.807, 2.05) is 6.07 Å². The van der Waals surface area contributed by atoms with Gasteiger partial charge in [0, 0.05) is 6.07 Å². The molecule has 0 saturated carbocycles.